The number of ether oxygens (including phenoxy) is 3. The highest BCUT2D eigenvalue weighted by Gasteiger charge is 2.19. The standard InChI is InChI=1S/C61H102O6/c1-4-7-10-13-16-19-22-25-27-29-31-33-36-39-42-45-48-51-54-60(63)66-57-58(56-65-59(62)53-50-47-44-41-38-35-24-21-18-15-12-9-6-3)67-61(64)55-52-49-46-43-40-37-34-32-30-28-26-23-20-17-14-11-8-5-2/h9,12,15-16,18-19,21-22,24-25,27,29,31,33,35,38,58H,4-8,10-11,13-14,17,20,23,26,28,30,32,34,36-37,39-57H2,1-3H3/b12-9+,18-15+,19-16+,24-21+,25-22+,29-27+,33-31+,38-35+. The predicted molar refractivity (Wildman–Crippen MR) is 288 cm³/mol. The van der Waals surface area contributed by atoms with Crippen LogP contribution in [0.1, 0.15) is 252 Å². The first-order valence-corrected chi connectivity index (χ1v) is 27.8. The molecule has 0 aliphatic heterocycles. The van der Waals surface area contributed by atoms with Gasteiger partial charge in [0.2, 0.25) is 0 Å². The summed E-state index contributed by atoms with van der Waals surface area (Å²) >= 11 is 0. The van der Waals surface area contributed by atoms with Crippen molar-refractivity contribution in [1.82, 2.24) is 0 Å². The first-order chi connectivity index (χ1) is 33.0. The number of hydrogen-bond donors (Lipinski definition) is 0. The third-order valence-electron chi connectivity index (χ3n) is 11.8. The molecule has 0 N–H and O–H groups in total. The molecule has 0 spiro atoms. The van der Waals surface area contributed by atoms with E-state index < -0.39 is 6.10 Å². The number of unbranched alkanes of at least 4 members (excludes halogenated alkanes) is 28. The lowest BCUT2D eigenvalue weighted by Gasteiger charge is -2.18. The first-order valence-electron chi connectivity index (χ1n) is 27.8. The average molecular weight is 931 g/mol. The highest BCUT2D eigenvalue weighted by molar-refractivity contribution is 5.71. The van der Waals surface area contributed by atoms with E-state index in [2.05, 4.69) is 81.5 Å². The van der Waals surface area contributed by atoms with Crippen molar-refractivity contribution in [3.05, 3.63) is 97.2 Å². The summed E-state index contributed by atoms with van der Waals surface area (Å²) in [5.74, 6) is -0.958. The maximum atomic E-state index is 12.8. The second kappa shape index (κ2) is 54.9. The number of rotatable bonds is 49. The molecule has 6 nitrogen and oxygen atoms in total. The number of esters is 3. The first kappa shape index (κ1) is 63.3. The highest BCUT2D eigenvalue weighted by Crippen LogP contribution is 2.16. The SMILES string of the molecule is CC/C=C/C=C/C=C/C=C/CCCCCC(=O)OCC(COC(=O)CCCCCCC/C=C/C=C/C=C/C=C/CCCCC)OC(=O)CCCCCCCCCCCCCCCCCCCC. The second-order valence-corrected chi connectivity index (χ2v) is 18.3. The zero-order valence-corrected chi connectivity index (χ0v) is 43.6. The third kappa shape index (κ3) is 53.2. The number of carbonyl (C=O) groups excluding carboxylic acids is 3. The largest absolute Gasteiger partial charge is 0.462 e. The van der Waals surface area contributed by atoms with Gasteiger partial charge >= 0.3 is 17.9 Å². The fraction of sp³-hybridized carbons (Fsp3) is 0.689. The molecular formula is C61H102O6. The lowest BCUT2D eigenvalue weighted by molar-refractivity contribution is -0.167. The van der Waals surface area contributed by atoms with Crippen LogP contribution in [0.15, 0.2) is 97.2 Å². The predicted octanol–water partition coefficient (Wildman–Crippen LogP) is 18.5. The molecule has 0 fully saturated rings. The lowest BCUT2D eigenvalue weighted by Crippen LogP contribution is -2.30. The van der Waals surface area contributed by atoms with Crippen LogP contribution in [-0.2, 0) is 28.6 Å². The molecule has 0 saturated carbocycles. The van der Waals surface area contributed by atoms with Gasteiger partial charge < -0.3 is 14.2 Å². The monoisotopic (exact) mass is 931 g/mol. The Morgan fingerprint density at radius 3 is 0.955 bits per heavy atom. The Morgan fingerprint density at radius 2 is 0.582 bits per heavy atom. The second-order valence-electron chi connectivity index (χ2n) is 18.3. The molecule has 1 atom stereocenters. The minimum Gasteiger partial charge on any atom is -0.462 e. The van der Waals surface area contributed by atoms with Gasteiger partial charge in [-0.25, -0.2) is 0 Å². The fourth-order valence-electron chi connectivity index (χ4n) is 7.58. The quantitative estimate of drug-likeness (QED) is 0.0262. The molecular weight excluding hydrogens is 829 g/mol. The van der Waals surface area contributed by atoms with Crippen molar-refractivity contribution in [1.29, 1.82) is 0 Å². The van der Waals surface area contributed by atoms with Crippen LogP contribution in [0, 0.1) is 0 Å². The molecule has 6 heteroatoms. The Kier molecular flexibility index (Phi) is 51.9. The summed E-state index contributed by atoms with van der Waals surface area (Å²) in [6.45, 7) is 6.42. The van der Waals surface area contributed by atoms with Crippen molar-refractivity contribution in [3.63, 3.8) is 0 Å². The summed E-state index contributed by atoms with van der Waals surface area (Å²) in [5, 5.41) is 0. The van der Waals surface area contributed by atoms with E-state index in [1.54, 1.807) is 0 Å². The maximum absolute atomic E-state index is 12.8. The van der Waals surface area contributed by atoms with Crippen molar-refractivity contribution in [2.75, 3.05) is 13.2 Å². The van der Waals surface area contributed by atoms with E-state index in [1.807, 2.05) is 36.5 Å². The zero-order chi connectivity index (χ0) is 48.6. The van der Waals surface area contributed by atoms with Crippen LogP contribution >= 0.6 is 0 Å². The van der Waals surface area contributed by atoms with Crippen LogP contribution in [0.2, 0.25) is 0 Å². The van der Waals surface area contributed by atoms with Crippen molar-refractivity contribution in [3.8, 4) is 0 Å². The summed E-state index contributed by atoms with van der Waals surface area (Å²) in [6, 6.07) is 0. The summed E-state index contributed by atoms with van der Waals surface area (Å²) in [7, 11) is 0. The van der Waals surface area contributed by atoms with Crippen LogP contribution in [-0.4, -0.2) is 37.2 Å². The minimum absolute atomic E-state index is 0.102. The van der Waals surface area contributed by atoms with Gasteiger partial charge in [0.15, 0.2) is 6.10 Å². The molecule has 0 saturated heterocycles. The Bertz CT molecular complexity index is 1350. The van der Waals surface area contributed by atoms with Gasteiger partial charge in [-0.3, -0.25) is 14.4 Å². The van der Waals surface area contributed by atoms with Gasteiger partial charge in [0, 0.05) is 19.3 Å². The van der Waals surface area contributed by atoms with Crippen LogP contribution in [0.4, 0.5) is 0 Å². The van der Waals surface area contributed by atoms with E-state index in [-0.39, 0.29) is 31.1 Å². The summed E-state index contributed by atoms with van der Waals surface area (Å²) in [4.78, 5) is 38.1. The van der Waals surface area contributed by atoms with Gasteiger partial charge in [0.25, 0.3) is 0 Å². The summed E-state index contributed by atoms with van der Waals surface area (Å²) in [6.07, 6.45) is 72.5. The molecule has 0 radical (unpaired) electrons. The molecule has 0 bridgehead atoms. The molecule has 1 unspecified atom stereocenters. The van der Waals surface area contributed by atoms with Gasteiger partial charge in [0.05, 0.1) is 0 Å². The van der Waals surface area contributed by atoms with Crippen LogP contribution in [0.5, 0.6) is 0 Å². The van der Waals surface area contributed by atoms with E-state index in [0.29, 0.717) is 19.3 Å². The van der Waals surface area contributed by atoms with E-state index >= 15 is 0 Å². The Balaban J connectivity index is 4.46. The van der Waals surface area contributed by atoms with Crippen LogP contribution < -0.4 is 0 Å². The molecule has 0 aliphatic carbocycles. The number of allylic oxidation sites excluding steroid dienone is 16. The average Bonchev–Trinajstić information content (AvgIpc) is 3.33. The van der Waals surface area contributed by atoms with Gasteiger partial charge in [-0.1, -0.05) is 266 Å². The number of carbonyl (C=O) groups is 3. The van der Waals surface area contributed by atoms with Crippen molar-refractivity contribution in [2.45, 2.75) is 258 Å². The Morgan fingerprint density at radius 1 is 0.313 bits per heavy atom. The molecule has 0 aromatic carbocycles. The van der Waals surface area contributed by atoms with Crippen molar-refractivity contribution in [2.24, 2.45) is 0 Å². The molecule has 382 valence electrons. The lowest BCUT2D eigenvalue weighted by atomic mass is 10.0. The highest BCUT2D eigenvalue weighted by atomic mass is 16.6. The number of hydrogen-bond acceptors (Lipinski definition) is 6. The topological polar surface area (TPSA) is 78.9 Å². The summed E-state index contributed by atoms with van der Waals surface area (Å²) < 4.78 is 16.8. The molecule has 0 aromatic rings. The normalized spacial score (nSPS) is 12.8. The van der Waals surface area contributed by atoms with Crippen LogP contribution in [0.25, 0.3) is 0 Å². The fourth-order valence-corrected chi connectivity index (χ4v) is 7.58. The van der Waals surface area contributed by atoms with Gasteiger partial charge in [-0.05, 0) is 64.2 Å². The van der Waals surface area contributed by atoms with Crippen molar-refractivity contribution < 1.29 is 28.6 Å². The maximum Gasteiger partial charge on any atom is 0.306 e. The molecule has 0 aliphatic rings. The third-order valence-corrected chi connectivity index (χ3v) is 11.8. The molecule has 67 heavy (non-hydrogen) atoms. The summed E-state index contributed by atoms with van der Waals surface area (Å²) in [5.41, 5.74) is 0. The van der Waals surface area contributed by atoms with Gasteiger partial charge in [-0.2, -0.15) is 0 Å². The van der Waals surface area contributed by atoms with E-state index in [0.717, 1.165) is 96.3 Å². The Hall–Kier alpha value is -3.67. The molecule has 0 aromatic heterocycles. The molecule has 0 heterocycles. The van der Waals surface area contributed by atoms with E-state index in [1.165, 1.54) is 116 Å². The minimum atomic E-state index is -0.803. The zero-order valence-electron chi connectivity index (χ0n) is 43.6. The van der Waals surface area contributed by atoms with Crippen LogP contribution in [0.3, 0.4) is 0 Å². The van der Waals surface area contributed by atoms with E-state index in [4.69, 9.17) is 14.2 Å². The van der Waals surface area contributed by atoms with Crippen molar-refractivity contribution >= 4 is 17.9 Å². The smallest absolute Gasteiger partial charge is 0.306 e. The van der Waals surface area contributed by atoms with E-state index in [9.17, 15) is 14.4 Å². The molecule has 0 rings (SSSR count). The van der Waals surface area contributed by atoms with Gasteiger partial charge in [-0.15, -0.1) is 0 Å². The molecule has 0 amide bonds. The van der Waals surface area contributed by atoms with Gasteiger partial charge in [0.1, 0.15) is 13.2 Å². The Labute approximate surface area is 413 Å².